The number of nitrogens with zero attached hydrogens (tertiary/aromatic N) is 1. The van der Waals surface area contributed by atoms with Crippen molar-refractivity contribution >= 4 is 5.91 Å². The Bertz CT molecular complexity index is 294. The number of hydrogen-bond donors (Lipinski definition) is 2. The van der Waals surface area contributed by atoms with E-state index in [1.807, 2.05) is 20.8 Å². The molecule has 3 N–H and O–H groups in total. The van der Waals surface area contributed by atoms with Gasteiger partial charge in [-0.05, 0) is 51.5 Å². The van der Waals surface area contributed by atoms with Crippen LogP contribution in [0, 0.1) is 11.3 Å². The van der Waals surface area contributed by atoms with Gasteiger partial charge in [-0.25, -0.2) is 0 Å². The first-order chi connectivity index (χ1) is 7.82. The van der Waals surface area contributed by atoms with Crippen LogP contribution in [0.3, 0.4) is 0 Å². The molecule has 1 spiro atoms. The van der Waals surface area contributed by atoms with E-state index in [-0.39, 0.29) is 11.4 Å². The molecule has 1 saturated carbocycles. The van der Waals surface area contributed by atoms with Gasteiger partial charge in [0.05, 0.1) is 6.54 Å². The van der Waals surface area contributed by atoms with Crippen molar-refractivity contribution in [2.75, 3.05) is 26.2 Å². The molecule has 1 saturated heterocycles. The summed E-state index contributed by atoms with van der Waals surface area (Å²) in [6, 6.07) is 0. The van der Waals surface area contributed by atoms with Crippen molar-refractivity contribution < 1.29 is 4.79 Å². The van der Waals surface area contributed by atoms with Crippen LogP contribution < -0.4 is 11.1 Å². The van der Waals surface area contributed by atoms with Crippen molar-refractivity contribution in [2.45, 2.75) is 39.2 Å². The zero-order chi connectivity index (χ0) is 12.7. The van der Waals surface area contributed by atoms with Crippen LogP contribution in [0.25, 0.3) is 0 Å². The predicted molar refractivity (Wildman–Crippen MR) is 68.5 cm³/mol. The van der Waals surface area contributed by atoms with Gasteiger partial charge in [-0.3, -0.25) is 9.69 Å². The standard InChI is InChI=1S/C13H25N3O/c1-12(2,3)15-11(17)7-16-8-13(9-16)4-10(5-13)6-14/h10H,4-9,14H2,1-3H3,(H,15,17). The predicted octanol–water partition coefficient (Wildman–Crippen LogP) is 0.572. The molecule has 0 atom stereocenters. The topological polar surface area (TPSA) is 58.4 Å². The lowest BCUT2D eigenvalue weighted by Crippen LogP contribution is -2.64. The highest BCUT2D eigenvalue weighted by molar-refractivity contribution is 5.78. The van der Waals surface area contributed by atoms with Gasteiger partial charge in [0.2, 0.25) is 5.91 Å². The van der Waals surface area contributed by atoms with E-state index in [0.29, 0.717) is 12.0 Å². The van der Waals surface area contributed by atoms with Crippen LogP contribution in [0.15, 0.2) is 0 Å². The molecule has 2 rings (SSSR count). The van der Waals surface area contributed by atoms with Gasteiger partial charge in [-0.1, -0.05) is 0 Å². The number of amides is 1. The number of rotatable bonds is 3. The second-order valence-electron chi connectivity index (χ2n) is 6.95. The number of nitrogens with one attached hydrogen (secondary N) is 1. The van der Waals surface area contributed by atoms with Gasteiger partial charge in [0.15, 0.2) is 0 Å². The van der Waals surface area contributed by atoms with E-state index in [1.165, 1.54) is 12.8 Å². The average Bonchev–Trinajstić information content (AvgIpc) is 2.03. The minimum absolute atomic E-state index is 0.124. The lowest BCUT2D eigenvalue weighted by atomic mass is 9.58. The Labute approximate surface area is 104 Å². The van der Waals surface area contributed by atoms with Gasteiger partial charge in [0.1, 0.15) is 0 Å². The lowest BCUT2D eigenvalue weighted by Gasteiger charge is -2.59. The maximum absolute atomic E-state index is 11.7. The van der Waals surface area contributed by atoms with E-state index in [4.69, 9.17) is 5.73 Å². The van der Waals surface area contributed by atoms with Gasteiger partial charge < -0.3 is 11.1 Å². The van der Waals surface area contributed by atoms with Crippen molar-refractivity contribution in [3.8, 4) is 0 Å². The van der Waals surface area contributed by atoms with E-state index < -0.39 is 0 Å². The first-order valence-electron chi connectivity index (χ1n) is 6.55. The number of nitrogens with two attached hydrogens (primary N) is 1. The molecule has 0 aromatic carbocycles. The summed E-state index contributed by atoms with van der Waals surface area (Å²) >= 11 is 0. The Kier molecular flexibility index (Phi) is 3.21. The van der Waals surface area contributed by atoms with Gasteiger partial charge in [-0.15, -0.1) is 0 Å². The summed E-state index contributed by atoms with van der Waals surface area (Å²) in [5.41, 5.74) is 6.04. The fourth-order valence-electron chi connectivity index (χ4n) is 3.26. The molecule has 0 aromatic rings. The summed E-state index contributed by atoms with van der Waals surface area (Å²) < 4.78 is 0. The quantitative estimate of drug-likeness (QED) is 0.757. The summed E-state index contributed by atoms with van der Waals surface area (Å²) in [6.07, 6.45) is 2.53. The van der Waals surface area contributed by atoms with Crippen LogP contribution in [0.5, 0.6) is 0 Å². The normalized spacial score (nSPS) is 24.2. The van der Waals surface area contributed by atoms with Crippen LogP contribution in [0.2, 0.25) is 0 Å². The minimum atomic E-state index is -0.124. The maximum Gasteiger partial charge on any atom is 0.234 e. The first kappa shape index (κ1) is 12.8. The monoisotopic (exact) mass is 239 g/mol. The molecule has 1 amide bonds. The summed E-state index contributed by atoms with van der Waals surface area (Å²) in [4.78, 5) is 14.0. The van der Waals surface area contributed by atoms with E-state index >= 15 is 0 Å². The minimum Gasteiger partial charge on any atom is -0.350 e. The number of likely N-dealkylation sites (tertiary alicyclic amines) is 1. The van der Waals surface area contributed by atoms with E-state index in [0.717, 1.165) is 25.6 Å². The van der Waals surface area contributed by atoms with Gasteiger partial charge in [-0.2, -0.15) is 0 Å². The van der Waals surface area contributed by atoms with Crippen molar-refractivity contribution in [3.05, 3.63) is 0 Å². The highest BCUT2D eigenvalue weighted by Gasteiger charge is 2.51. The SMILES string of the molecule is CC(C)(C)NC(=O)CN1CC2(CC(CN)C2)C1. The van der Waals surface area contributed by atoms with Gasteiger partial charge in [0, 0.05) is 18.6 Å². The van der Waals surface area contributed by atoms with Crippen LogP contribution in [0.1, 0.15) is 33.6 Å². The Morgan fingerprint density at radius 3 is 2.47 bits per heavy atom. The van der Waals surface area contributed by atoms with Crippen LogP contribution in [0.4, 0.5) is 0 Å². The molecule has 4 nitrogen and oxygen atoms in total. The molecule has 0 bridgehead atoms. The molecular weight excluding hydrogens is 214 g/mol. The molecule has 1 heterocycles. The summed E-state index contributed by atoms with van der Waals surface area (Å²) in [5, 5.41) is 3.00. The van der Waals surface area contributed by atoms with Crippen molar-refractivity contribution in [1.29, 1.82) is 0 Å². The molecule has 98 valence electrons. The van der Waals surface area contributed by atoms with Gasteiger partial charge in [0.25, 0.3) is 0 Å². The number of carbonyl (C=O) groups is 1. The zero-order valence-corrected chi connectivity index (χ0v) is 11.3. The summed E-state index contributed by atoms with van der Waals surface area (Å²) in [5.74, 6) is 0.877. The number of hydrogen-bond acceptors (Lipinski definition) is 3. The highest BCUT2D eigenvalue weighted by atomic mass is 16.2. The molecule has 1 aliphatic carbocycles. The Balaban J connectivity index is 1.66. The third-order valence-electron chi connectivity index (χ3n) is 3.78. The largest absolute Gasteiger partial charge is 0.350 e. The molecule has 4 heteroatoms. The number of carbonyl (C=O) groups excluding carboxylic acids is 1. The van der Waals surface area contributed by atoms with Crippen molar-refractivity contribution in [1.82, 2.24) is 10.2 Å². The average molecular weight is 239 g/mol. The smallest absolute Gasteiger partial charge is 0.234 e. The molecular formula is C13H25N3O. The van der Waals surface area contributed by atoms with Crippen LogP contribution >= 0.6 is 0 Å². The second-order valence-corrected chi connectivity index (χ2v) is 6.95. The molecule has 0 radical (unpaired) electrons. The third kappa shape index (κ3) is 2.99. The van der Waals surface area contributed by atoms with E-state index in [1.54, 1.807) is 0 Å². The van der Waals surface area contributed by atoms with Crippen LogP contribution in [-0.2, 0) is 4.79 Å². The van der Waals surface area contributed by atoms with E-state index in [2.05, 4.69) is 10.2 Å². The second kappa shape index (κ2) is 4.25. The molecule has 0 aromatic heterocycles. The fourth-order valence-corrected chi connectivity index (χ4v) is 3.26. The van der Waals surface area contributed by atoms with Crippen LogP contribution in [-0.4, -0.2) is 42.5 Å². The Morgan fingerprint density at radius 2 is 2.00 bits per heavy atom. The van der Waals surface area contributed by atoms with Crippen molar-refractivity contribution in [3.63, 3.8) is 0 Å². The summed E-state index contributed by atoms with van der Waals surface area (Å²) in [7, 11) is 0. The molecule has 0 unspecified atom stereocenters. The third-order valence-corrected chi connectivity index (χ3v) is 3.78. The summed E-state index contributed by atoms with van der Waals surface area (Å²) in [6.45, 7) is 9.58. The van der Waals surface area contributed by atoms with E-state index in [9.17, 15) is 4.79 Å². The molecule has 1 aliphatic heterocycles. The molecule has 17 heavy (non-hydrogen) atoms. The lowest BCUT2D eigenvalue weighted by molar-refractivity contribution is -0.133. The molecule has 2 aliphatic rings. The first-order valence-corrected chi connectivity index (χ1v) is 6.55. The van der Waals surface area contributed by atoms with Crippen molar-refractivity contribution in [2.24, 2.45) is 17.1 Å². The molecule has 2 fully saturated rings. The maximum atomic E-state index is 11.7. The highest BCUT2D eigenvalue weighted by Crippen LogP contribution is 2.51. The Morgan fingerprint density at radius 1 is 1.41 bits per heavy atom. The van der Waals surface area contributed by atoms with Gasteiger partial charge >= 0.3 is 0 Å². The zero-order valence-electron chi connectivity index (χ0n) is 11.3. The Hall–Kier alpha value is -0.610. The fraction of sp³-hybridized carbons (Fsp3) is 0.923.